The molecule has 0 fully saturated rings. The molecule has 1 amide bonds. The van der Waals surface area contributed by atoms with Gasteiger partial charge in [-0.15, -0.1) is 10.1 Å². The van der Waals surface area contributed by atoms with E-state index < -0.39 is 23.2 Å². The van der Waals surface area contributed by atoms with E-state index in [4.69, 9.17) is 9.84 Å². The molecule has 0 radical (unpaired) electrons. The molecule has 126 valence electrons. The summed E-state index contributed by atoms with van der Waals surface area (Å²) in [6, 6.07) is 7.79. The van der Waals surface area contributed by atoms with Crippen molar-refractivity contribution in [3.05, 3.63) is 46.0 Å². The Morgan fingerprint density at radius 2 is 1.87 bits per heavy atom. The molecule has 2 N–H and O–H groups in total. The van der Waals surface area contributed by atoms with Crippen LogP contribution in [0.5, 0.6) is 0 Å². The molecule has 0 heterocycles. The van der Waals surface area contributed by atoms with Gasteiger partial charge in [-0.2, -0.15) is 0 Å². The average molecular weight is 326 g/mol. The number of alkyl carbamates (subject to hydrolysis) is 1. The van der Waals surface area contributed by atoms with Crippen LogP contribution in [-0.4, -0.2) is 41.5 Å². The number of aliphatic carboxylic acids is 1. The average Bonchev–Trinajstić information content (AvgIpc) is 2.50. The third kappa shape index (κ3) is 8.24. The predicted octanol–water partition coefficient (Wildman–Crippen LogP) is 1.40. The molecule has 1 unspecified atom stereocenters. The van der Waals surface area contributed by atoms with Gasteiger partial charge in [0.05, 0.1) is 13.2 Å². The van der Waals surface area contributed by atoms with Crippen molar-refractivity contribution in [1.29, 1.82) is 0 Å². The van der Waals surface area contributed by atoms with Gasteiger partial charge in [-0.05, 0) is 18.4 Å². The second kappa shape index (κ2) is 9.98. The van der Waals surface area contributed by atoms with E-state index in [0.29, 0.717) is 12.8 Å². The molecule has 1 aromatic rings. The van der Waals surface area contributed by atoms with Crippen LogP contribution in [0.4, 0.5) is 4.79 Å². The molecule has 1 rings (SSSR count). The van der Waals surface area contributed by atoms with Crippen LogP contribution in [0.1, 0.15) is 18.4 Å². The first kappa shape index (κ1) is 18.2. The van der Waals surface area contributed by atoms with Crippen LogP contribution < -0.4 is 5.32 Å². The number of hydrogen-bond acceptors (Lipinski definition) is 6. The van der Waals surface area contributed by atoms with Crippen molar-refractivity contribution in [2.45, 2.75) is 25.3 Å². The molecular formula is C14H18N2O7. The van der Waals surface area contributed by atoms with Crippen molar-refractivity contribution in [1.82, 2.24) is 5.32 Å². The van der Waals surface area contributed by atoms with Crippen molar-refractivity contribution in [2.75, 3.05) is 13.2 Å². The van der Waals surface area contributed by atoms with E-state index >= 15 is 0 Å². The van der Waals surface area contributed by atoms with Crippen LogP contribution in [0.15, 0.2) is 30.3 Å². The van der Waals surface area contributed by atoms with Crippen LogP contribution >= 0.6 is 0 Å². The second-order valence-electron chi connectivity index (χ2n) is 4.62. The number of unbranched alkanes of at least 4 members (excludes halogenated alkanes) is 1. The highest BCUT2D eigenvalue weighted by Gasteiger charge is 2.20. The summed E-state index contributed by atoms with van der Waals surface area (Å²) in [6.45, 7) is -0.0612. The predicted molar refractivity (Wildman–Crippen MR) is 78.2 cm³/mol. The molecule has 23 heavy (non-hydrogen) atoms. The number of benzene rings is 1. The Kier molecular flexibility index (Phi) is 7.90. The van der Waals surface area contributed by atoms with E-state index in [0.717, 1.165) is 5.56 Å². The van der Waals surface area contributed by atoms with Gasteiger partial charge in [0.15, 0.2) is 0 Å². The maximum absolute atomic E-state index is 11.6. The highest BCUT2D eigenvalue weighted by Crippen LogP contribution is 2.04. The Morgan fingerprint density at radius 1 is 1.22 bits per heavy atom. The van der Waals surface area contributed by atoms with Gasteiger partial charge in [-0.3, -0.25) is 0 Å². The van der Waals surface area contributed by atoms with Gasteiger partial charge in [0.2, 0.25) is 0 Å². The maximum atomic E-state index is 11.6. The number of hydrogen-bond donors (Lipinski definition) is 2. The van der Waals surface area contributed by atoms with Crippen molar-refractivity contribution in [2.24, 2.45) is 0 Å². The summed E-state index contributed by atoms with van der Waals surface area (Å²) in [5.74, 6) is -1.16. The highest BCUT2D eigenvalue weighted by atomic mass is 16.9. The van der Waals surface area contributed by atoms with Crippen molar-refractivity contribution >= 4 is 12.1 Å². The van der Waals surface area contributed by atoms with Gasteiger partial charge in [0.1, 0.15) is 6.04 Å². The van der Waals surface area contributed by atoms with Gasteiger partial charge in [0, 0.05) is 6.42 Å². The fourth-order valence-corrected chi connectivity index (χ4v) is 1.74. The Balaban J connectivity index is 2.29. The molecular weight excluding hydrogens is 308 g/mol. The van der Waals surface area contributed by atoms with Gasteiger partial charge in [-0.1, -0.05) is 30.3 Å². The lowest BCUT2D eigenvalue weighted by Crippen LogP contribution is -2.42. The smallest absolute Gasteiger partial charge is 0.407 e. The highest BCUT2D eigenvalue weighted by molar-refractivity contribution is 5.80. The summed E-state index contributed by atoms with van der Waals surface area (Å²) in [6.07, 6.45) is 0.0174. The largest absolute Gasteiger partial charge is 0.480 e. The SMILES string of the molecule is O=C(NC(Cc1ccccc1)C(=O)O)OCCCCO[N+](=O)[O-]. The Hall–Kier alpha value is -2.84. The fraction of sp³-hybridized carbons (Fsp3) is 0.429. The topological polar surface area (TPSA) is 128 Å². The zero-order chi connectivity index (χ0) is 17.1. The Labute approximate surface area is 132 Å². The van der Waals surface area contributed by atoms with Crippen LogP contribution in [0.2, 0.25) is 0 Å². The number of carbonyl (C=O) groups excluding carboxylic acids is 1. The minimum Gasteiger partial charge on any atom is -0.480 e. The Morgan fingerprint density at radius 3 is 2.48 bits per heavy atom. The van der Waals surface area contributed by atoms with Crippen molar-refractivity contribution < 1.29 is 29.4 Å². The first-order valence-electron chi connectivity index (χ1n) is 6.96. The van der Waals surface area contributed by atoms with Crippen LogP contribution in [0.25, 0.3) is 0 Å². The summed E-state index contributed by atoms with van der Waals surface area (Å²) >= 11 is 0. The molecule has 0 bridgehead atoms. The van der Waals surface area contributed by atoms with Gasteiger partial charge >= 0.3 is 12.1 Å². The second-order valence-corrected chi connectivity index (χ2v) is 4.62. The van der Waals surface area contributed by atoms with Gasteiger partial charge < -0.3 is 20.0 Å². The molecule has 1 atom stereocenters. The molecule has 0 aliphatic heterocycles. The summed E-state index contributed by atoms with van der Waals surface area (Å²) < 4.78 is 4.83. The number of carboxylic acid groups (broad SMARTS) is 1. The number of rotatable bonds is 10. The number of carbonyl (C=O) groups is 2. The van der Waals surface area contributed by atoms with E-state index in [9.17, 15) is 19.7 Å². The summed E-state index contributed by atoms with van der Waals surface area (Å²) in [4.78, 5) is 36.7. The Bertz CT molecular complexity index is 521. The normalized spacial score (nSPS) is 11.3. The van der Waals surface area contributed by atoms with E-state index in [-0.39, 0.29) is 19.6 Å². The maximum Gasteiger partial charge on any atom is 0.407 e. The third-order valence-electron chi connectivity index (χ3n) is 2.84. The first-order valence-corrected chi connectivity index (χ1v) is 6.96. The molecule has 0 aliphatic carbocycles. The number of nitrogens with one attached hydrogen (secondary N) is 1. The molecule has 0 saturated carbocycles. The van der Waals surface area contributed by atoms with E-state index in [1.165, 1.54) is 0 Å². The van der Waals surface area contributed by atoms with Gasteiger partial charge in [0.25, 0.3) is 5.09 Å². The molecule has 0 aromatic heterocycles. The fourth-order valence-electron chi connectivity index (χ4n) is 1.74. The molecule has 0 aliphatic rings. The lowest BCUT2D eigenvalue weighted by Gasteiger charge is -2.14. The number of nitrogens with zero attached hydrogens (tertiary/aromatic N) is 1. The quantitative estimate of drug-likeness (QED) is 0.378. The summed E-state index contributed by atoms with van der Waals surface area (Å²) in [7, 11) is 0. The summed E-state index contributed by atoms with van der Waals surface area (Å²) in [5.41, 5.74) is 0.775. The number of carboxylic acids is 1. The molecule has 1 aromatic carbocycles. The van der Waals surface area contributed by atoms with E-state index in [1.54, 1.807) is 24.3 Å². The zero-order valence-electron chi connectivity index (χ0n) is 12.3. The monoisotopic (exact) mass is 326 g/mol. The lowest BCUT2D eigenvalue weighted by molar-refractivity contribution is -0.757. The molecule has 9 heteroatoms. The van der Waals surface area contributed by atoms with Crippen LogP contribution in [0.3, 0.4) is 0 Å². The molecule has 0 spiro atoms. The summed E-state index contributed by atoms with van der Waals surface area (Å²) in [5, 5.41) is 20.4. The van der Waals surface area contributed by atoms with E-state index in [1.807, 2.05) is 6.07 Å². The standard InChI is InChI=1S/C14H18N2O7/c17-13(18)12(10-11-6-2-1-3-7-11)15-14(19)22-8-4-5-9-23-16(20)21/h1-3,6-7,12H,4-5,8-10H2,(H,15,19)(H,17,18). The molecule has 9 nitrogen and oxygen atoms in total. The van der Waals surface area contributed by atoms with E-state index in [2.05, 4.69) is 10.2 Å². The van der Waals surface area contributed by atoms with Crippen LogP contribution in [0, 0.1) is 10.1 Å². The van der Waals surface area contributed by atoms with Crippen LogP contribution in [-0.2, 0) is 20.8 Å². The van der Waals surface area contributed by atoms with Crippen molar-refractivity contribution in [3.8, 4) is 0 Å². The number of ether oxygens (including phenoxy) is 1. The first-order chi connectivity index (χ1) is 11.0. The number of amides is 1. The third-order valence-corrected chi connectivity index (χ3v) is 2.84. The minimum atomic E-state index is -1.16. The minimum absolute atomic E-state index is 0.0184. The zero-order valence-corrected chi connectivity index (χ0v) is 12.3. The lowest BCUT2D eigenvalue weighted by atomic mass is 10.1. The van der Waals surface area contributed by atoms with Crippen molar-refractivity contribution in [3.63, 3.8) is 0 Å². The van der Waals surface area contributed by atoms with Gasteiger partial charge in [-0.25, -0.2) is 9.59 Å². The molecule has 0 saturated heterocycles.